The predicted octanol–water partition coefficient (Wildman–Crippen LogP) is 1.20. The minimum Gasteiger partial charge on any atom is -0.388 e. The monoisotopic (exact) mass is 201 g/mol. The van der Waals surface area contributed by atoms with Crippen molar-refractivity contribution < 1.29 is 5.11 Å². The van der Waals surface area contributed by atoms with Gasteiger partial charge in [0, 0.05) is 12.3 Å². The average Bonchev–Trinajstić information content (AvgIpc) is 2.48. The molecule has 0 aliphatic rings. The van der Waals surface area contributed by atoms with Crippen molar-refractivity contribution in [2.45, 2.75) is 37.3 Å². The molecule has 0 saturated heterocycles. The molecule has 1 rings (SSSR count). The van der Waals surface area contributed by atoms with Gasteiger partial charge in [-0.3, -0.25) is 0 Å². The number of hydrogen-bond donors (Lipinski definition) is 1. The van der Waals surface area contributed by atoms with Gasteiger partial charge in [-0.15, -0.1) is 10.2 Å². The Kier molecular flexibility index (Phi) is 3.74. The van der Waals surface area contributed by atoms with E-state index in [1.165, 1.54) is 0 Å². The summed E-state index contributed by atoms with van der Waals surface area (Å²) < 4.78 is 1.83. The number of aromatic nitrogens is 3. The smallest absolute Gasteiger partial charge is 0.191 e. The third-order valence-electron chi connectivity index (χ3n) is 1.95. The molecule has 0 aliphatic carbocycles. The van der Waals surface area contributed by atoms with Gasteiger partial charge in [-0.05, 0) is 6.42 Å². The molecular weight excluding hydrogens is 186 g/mol. The van der Waals surface area contributed by atoms with Crippen molar-refractivity contribution in [2.75, 3.05) is 0 Å². The van der Waals surface area contributed by atoms with Crippen LogP contribution in [-0.4, -0.2) is 25.1 Å². The molecule has 0 radical (unpaired) electrons. The normalized spacial score (nSPS) is 13.2. The largest absolute Gasteiger partial charge is 0.388 e. The van der Waals surface area contributed by atoms with Gasteiger partial charge in [0.25, 0.3) is 0 Å². The summed E-state index contributed by atoms with van der Waals surface area (Å²) in [6.07, 6.45) is 1.10. The van der Waals surface area contributed by atoms with Crippen molar-refractivity contribution in [3.05, 3.63) is 5.82 Å². The first-order chi connectivity index (χ1) is 6.19. The Hall–Kier alpha value is -0.550. The highest BCUT2D eigenvalue weighted by atomic mass is 32.2. The van der Waals surface area contributed by atoms with Crippen LogP contribution in [0.15, 0.2) is 5.16 Å². The van der Waals surface area contributed by atoms with Crippen molar-refractivity contribution in [3.8, 4) is 0 Å². The Morgan fingerprint density at radius 2 is 2.23 bits per heavy atom. The number of thioether (sulfide) groups is 1. The van der Waals surface area contributed by atoms with Crippen LogP contribution in [0, 0.1) is 0 Å². The van der Waals surface area contributed by atoms with Crippen molar-refractivity contribution in [2.24, 2.45) is 7.05 Å². The van der Waals surface area contributed by atoms with Crippen LogP contribution in [0.2, 0.25) is 0 Å². The molecule has 4 nitrogen and oxygen atoms in total. The second-order valence-electron chi connectivity index (χ2n) is 2.95. The van der Waals surface area contributed by atoms with Gasteiger partial charge in [0.05, 0.1) is 0 Å². The Morgan fingerprint density at radius 1 is 1.54 bits per heavy atom. The summed E-state index contributed by atoms with van der Waals surface area (Å²) in [7, 11) is 1.87. The Labute approximate surface area is 82.4 Å². The maximum Gasteiger partial charge on any atom is 0.191 e. The van der Waals surface area contributed by atoms with Crippen LogP contribution in [0.25, 0.3) is 0 Å². The van der Waals surface area contributed by atoms with Crippen LogP contribution < -0.4 is 0 Å². The van der Waals surface area contributed by atoms with Crippen molar-refractivity contribution >= 4 is 11.8 Å². The summed E-state index contributed by atoms with van der Waals surface area (Å²) in [5.74, 6) is 0.616. The Balaban J connectivity index is 2.72. The second kappa shape index (κ2) is 4.62. The Bertz CT molecular complexity index is 274. The molecule has 13 heavy (non-hydrogen) atoms. The van der Waals surface area contributed by atoms with E-state index in [1.54, 1.807) is 11.8 Å². The van der Waals surface area contributed by atoms with Crippen LogP contribution in [0.4, 0.5) is 0 Å². The molecule has 0 bridgehead atoms. The lowest BCUT2D eigenvalue weighted by atomic mass is 10.4. The molecule has 1 aromatic heterocycles. The van der Waals surface area contributed by atoms with Crippen molar-refractivity contribution in [3.63, 3.8) is 0 Å². The van der Waals surface area contributed by atoms with Crippen molar-refractivity contribution in [1.29, 1.82) is 0 Å². The lowest BCUT2D eigenvalue weighted by Gasteiger charge is -2.06. The van der Waals surface area contributed by atoms with Gasteiger partial charge >= 0.3 is 0 Å². The lowest BCUT2D eigenvalue weighted by Crippen LogP contribution is -2.01. The minimum atomic E-state index is -0.0510. The van der Waals surface area contributed by atoms with E-state index in [0.717, 1.165) is 11.6 Å². The molecule has 0 aliphatic heterocycles. The molecule has 1 aromatic rings. The summed E-state index contributed by atoms with van der Waals surface area (Å²) in [5, 5.41) is 18.2. The standard InChI is InChI=1S/C8H15N3OS/c1-4-6(2)13-8-10-9-7(5-12)11(8)3/h6,12H,4-5H2,1-3H3. The van der Waals surface area contributed by atoms with E-state index in [4.69, 9.17) is 5.11 Å². The van der Waals surface area contributed by atoms with Gasteiger partial charge in [0.1, 0.15) is 6.61 Å². The number of rotatable bonds is 4. The van der Waals surface area contributed by atoms with Gasteiger partial charge in [-0.25, -0.2) is 0 Å². The van der Waals surface area contributed by atoms with Crippen LogP contribution >= 0.6 is 11.8 Å². The number of aliphatic hydroxyl groups is 1. The zero-order chi connectivity index (χ0) is 9.84. The topological polar surface area (TPSA) is 50.9 Å². The van der Waals surface area contributed by atoms with E-state index < -0.39 is 0 Å². The summed E-state index contributed by atoms with van der Waals surface area (Å²) in [5.41, 5.74) is 0. The molecule has 0 fully saturated rings. The first kappa shape index (κ1) is 10.5. The van der Waals surface area contributed by atoms with E-state index in [1.807, 2.05) is 11.6 Å². The third-order valence-corrected chi connectivity index (χ3v) is 3.25. The average molecular weight is 201 g/mol. The van der Waals surface area contributed by atoms with Gasteiger partial charge in [0.15, 0.2) is 11.0 Å². The van der Waals surface area contributed by atoms with Gasteiger partial charge < -0.3 is 9.67 Å². The quantitative estimate of drug-likeness (QED) is 0.744. The summed E-state index contributed by atoms with van der Waals surface area (Å²) in [4.78, 5) is 0. The minimum absolute atomic E-state index is 0.0510. The van der Waals surface area contributed by atoms with E-state index in [0.29, 0.717) is 11.1 Å². The highest BCUT2D eigenvalue weighted by Gasteiger charge is 2.10. The molecule has 0 aromatic carbocycles. The zero-order valence-corrected chi connectivity index (χ0v) is 9.01. The maximum atomic E-state index is 8.89. The predicted molar refractivity (Wildman–Crippen MR) is 52.5 cm³/mol. The number of aliphatic hydroxyl groups excluding tert-OH is 1. The summed E-state index contributed by atoms with van der Waals surface area (Å²) in [6.45, 7) is 4.24. The summed E-state index contributed by atoms with van der Waals surface area (Å²) >= 11 is 1.68. The van der Waals surface area contributed by atoms with Crippen LogP contribution in [0.5, 0.6) is 0 Å². The van der Waals surface area contributed by atoms with Gasteiger partial charge in [0.2, 0.25) is 0 Å². The number of hydrogen-bond acceptors (Lipinski definition) is 4. The SMILES string of the molecule is CCC(C)Sc1nnc(CO)n1C. The first-order valence-electron chi connectivity index (χ1n) is 4.34. The molecule has 0 amide bonds. The lowest BCUT2D eigenvalue weighted by molar-refractivity contribution is 0.266. The molecule has 1 N–H and O–H groups in total. The zero-order valence-electron chi connectivity index (χ0n) is 8.19. The van der Waals surface area contributed by atoms with E-state index in [-0.39, 0.29) is 6.61 Å². The summed E-state index contributed by atoms with van der Waals surface area (Å²) in [6, 6.07) is 0. The number of nitrogens with zero attached hydrogens (tertiary/aromatic N) is 3. The fourth-order valence-corrected chi connectivity index (χ4v) is 1.73. The maximum absolute atomic E-state index is 8.89. The van der Waals surface area contributed by atoms with E-state index in [9.17, 15) is 0 Å². The fourth-order valence-electron chi connectivity index (χ4n) is 0.849. The van der Waals surface area contributed by atoms with Crippen LogP contribution in [0.3, 0.4) is 0 Å². The molecule has 74 valence electrons. The molecule has 0 saturated carbocycles. The highest BCUT2D eigenvalue weighted by molar-refractivity contribution is 7.99. The van der Waals surface area contributed by atoms with Gasteiger partial charge in [-0.2, -0.15) is 0 Å². The third kappa shape index (κ3) is 2.45. The molecular formula is C8H15N3OS. The second-order valence-corrected chi connectivity index (χ2v) is 4.36. The molecule has 0 spiro atoms. The molecule has 1 heterocycles. The molecule has 1 unspecified atom stereocenters. The highest BCUT2D eigenvalue weighted by Crippen LogP contribution is 2.22. The van der Waals surface area contributed by atoms with Crippen LogP contribution in [-0.2, 0) is 13.7 Å². The van der Waals surface area contributed by atoms with Gasteiger partial charge in [-0.1, -0.05) is 25.6 Å². The van der Waals surface area contributed by atoms with Crippen LogP contribution in [0.1, 0.15) is 26.1 Å². The Morgan fingerprint density at radius 3 is 2.69 bits per heavy atom. The van der Waals surface area contributed by atoms with E-state index >= 15 is 0 Å². The fraction of sp³-hybridized carbons (Fsp3) is 0.750. The first-order valence-corrected chi connectivity index (χ1v) is 5.22. The molecule has 1 atom stereocenters. The van der Waals surface area contributed by atoms with E-state index in [2.05, 4.69) is 24.0 Å². The molecule has 5 heteroatoms. The van der Waals surface area contributed by atoms with Crippen molar-refractivity contribution in [1.82, 2.24) is 14.8 Å².